The third kappa shape index (κ3) is 4.76. The number of rotatable bonds is 9. The molecule has 2 aliphatic rings. The number of ketones is 1. The monoisotopic (exact) mass is 666 g/mol. The van der Waals surface area contributed by atoms with Crippen LogP contribution >= 0.6 is 0 Å². The van der Waals surface area contributed by atoms with Gasteiger partial charge in [-0.3, -0.25) is 4.79 Å². The zero-order chi connectivity index (χ0) is 35.3. The fraction of sp³-hybridized carbons (Fsp3) is 0.400. The Morgan fingerprint density at radius 3 is 1.22 bits per heavy atom. The van der Waals surface area contributed by atoms with Gasteiger partial charge in [-0.05, 0) is 106 Å². The van der Waals surface area contributed by atoms with Crippen molar-refractivity contribution < 1.29 is 4.79 Å². The summed E-state index contributed by atoms with van der Waals surface area (Å²) in [6.45, 7) is 16.2. The molecule has 5 heterocycles. The van der Waals surface area contributed by atoms with Crippen molar-refractivity contribution >= 4 is 5.78 Å². The van der Waals surface area contributed by atoms with Crippen molar-refractivity contribution in [2.75, 3.05) is 0 Å². The Morgan fingerprint density at radius 2 is 0.860 bits per heavy atom. The average Bonchev–Trinajstić information content (AvgIpc) is 4.00. The van der Waals surface area contributed by atoms with Gasteiger partial charge in [0.15, 0.2) is 5.78 Å². The van der Waals surface area contributed by atoms with Crippen molar-refractivity contribution in [1.29, 1.82) is 0 Å². The first kappa shape index (κ1) is 34.0. The standard InChI is InChI=1S/C45H54N4O/c1-8-43(9-2)35-23-21-33(46-35)42(7,32-20-16-19-31(29-32)41(50)30-17-14-15-18-30)34-22-24-36(47-34)44(10-3,11-4)38-26-28-40(49-38)45(12-5,13-6)39-27-25-37(43)48-39/h14-30,46-49H,8-13H2,1-7H3. The Hall–Kier alpha value is -4.51. The lowest BCUT2D eigenvalue weighted by atomic mass is 9.75. The predicted octanol–water partition coefficient (Wildman–Crippen LogP) is 10.9. The van der Waals surface area contributed by atoms with Gasteiger partial charge < -0.3 is 19.9 Å². The zero-order valence-corrected chi connectivity index (χ0v) is 31.0. The quantitative estimate of drug-likeness (QED) is 0.116. The third-order valence-corrected chi connectivity index (χ3v) is 13.3. The fourth-order valence-corrected chi connectivity index (χ4v) is 9.55. The van der Waals surface area contributed by atoms with Gasteiger partial charge >= 0.3 is 0 Å². The first-order valence-corrected chi connectivity index (χ1v) is 19.0. The fourth-order valence-electron chi connectivity index (χ4n) is 9.55. The highest BCUT2D eigenvalue weighted by Gasteiger charge is 2.43. The van der Waals surface area contributed by atoms with Crippen molar-refractivity contribution in [2.24, 2.45) is 5.92 Å². The number of hydrogen-bond acceptors (Lipinski definition) is 1. The van der Waals surface area contributed by atoms with E-state index in [0.717, 1.165) is 61.0 Å². The summed E-state index contributed by atoms with van der Waals surface area (Å²) < 4.78 is 0. The summed E-state index contributed by atoms with van der Waals surface area (Å²) in [5, 5.41) is 0. The lowest BCUT2D eigenvalue weighted by Crippen LogP contribution is -2.32. The van der Waals surface area contributed by atoms with Crippen LogP contribution in [0.25, 0.3) is 0 Å². The van der Waals surface area contributed by atoms with Crippen LogP contribution in [0.2, 0.25) is 0 Å². The summed E-state index contributed by atoms with van der Waals surface area (Å²) >= 11 is 0. The van der Waals surface area contributed by atoms with E-state index in [0.29, 0.717) is 0 Å². The predicted molar refractivity (Wildman–Crippen MR) is 205 cm³/mol. The van der Waals surface area contributed by atoms with E-state index in [1.165, 1.54) is 34.2 Å². The molecule has 1 aliphatic heterocycles. The van der Waals surface area contributed by atoms with Gasteiger partial charge in [-0.2, -0.15) is 0 Å². The third-order valence-electron chi connectivity index (χ3n) is 13.3. The topological polar surface area (TPSA) is 80.2 Å². The number of H-pyrrole nitrogens is 4. The summed E-state index contributed by atoms with van der Waals surface area (Å²) in [5.41, 5.74) is 10.3. The zero-order valence-electron chi connectivity index (χ0n) is 31.0. The molecule has 5 heteroatoms. The second-order valence-electron chi connectivity index (χ2n) is 14.9. The lowest BCUT2D eigenvalue weighted by molar-refractivity contribution is 0.0966. The van der Waals surface area contributed by atoms with Crippen LogP contribution in [-0.4, -0.2) is 25.7 Å². The number of hydrogen-bond donors (Lipinski definition) is 4. The van der Waals surface area contributed by atoms with Gasteiger partial charge in [-0.1, -0.05) is 84.0 Å². The van der Waals surface area contributed by atoms with Crippen molar-refractivity contribution in [3.63, 3.8) is 0 Å². The van der Waals surface area contributed by atoms with Crippen molar-refractivity contribution in [3.8, 4) is 0 Å². The Labute approximate surface area is 298 Å². The molecule has 0 unspecified atom stereocenters. The summed E-state index contributed by atoms with van der Waals surface area (Å²) in [6, 6.07) is 26.8. The molecule has 0 spiro atoms. The summed E-state index contributed by atoms with van der Waals surface area (Å²) in [6.07, 6.45) is 13.7. The molecular weight excluding hydrogens is 613 g/mol. The second kappa shape index (κ2) is 12.7. The molecule has 0 atom stereocenters. The summed E-state index contributed by atoms with van der Waals surface area (Å²) in [4.78, 5) is 29.8. The SMILES string of the molecule is CCC1(CC)c2ccc([nH]2)C(CC)(CC)c2ccc([nH]2)C(C)(c2cccc(C(=O)C3C=CC=C3)c2)c2ccc([nH]2)C(CC)(CC)c2ccc1[nH]2. The molecule has 0 fully saturated rings. The van der Waals surface area contributed by atoms with E-state index in [1.807, 2.05) is 36.4 Å². The first-order chi connectivity index (χ1) is 24.2. The van der Waals surface area contributed by atoms with E-state index >= 15 is 0 Å². The molecule has 0 saturated carbocycles. The van der Waals surface area contributed by atoms with Crippen LogP contribution < -0.4 is 0 Å². The average molecular weight is 667 g/mol. The number of carbonyl (C=O) groups is 1. The molecule has 0 amide bonds. The lowest BCUT2D eigenvalue weighted by Gasteiger charge is -2.35. The molecule has 4 N–H and O–H groups in total. The molecular formula is C45H54N4O. The molecule has 0 saturated heterocycles. The van der Waals surface area contributed by atoms with Crippen LogP contribution in [0.15, 0.2) is 97.1 Å². The number of aromatic nitrogens is 4. The number of nitrogens with one attached hydrogen (secondary N) is 4. The van der Waals surface area contributed by atoms with Gasteiger partial charge in [0.05, 0.1) is 11.3 Å². The number of benzene rings is 1. The highest BCUT2D eigenvalue weighted by Crippen LogP contribution is 2.47. The van der Waals surface area contributed by atoms with E-state index in [9.17, 15) is 4.79 Å². The Morgan fingerprint density at radius 1 is 0.520 bits per heavy atom. The number of fused-ring (bicyclic) bond motifs is 8. The number of carbonyl (C=O) groups excluding carboxylic acids is 1. The highest BCUT2D eigenvalue weighted by atomic mass is 16.1. The van der Waals surface area contributed by atoms with Crippen molar-refractivity contribution in [1.82, 2.24) is 19.9 Å². The van der Waals surface area contributed by atoms with E-state index in [2.05, 4.69) is 129 Å². The molecule has 5 aromatic rings. The van der Waals surface area contributed by atoms with Gasteiger partial charge in [0.2, 0.25) is 0 Å². The molecule has 1 aromatic carbocycles. The largest absolute Gasteiger partial charge is 0.361 e. The van der Waals surface area contributed by atoms with Crippen molar-refractivity contribution in [2.45, 2.75) is 109 Å². The minimum atomic E-state index is -0.590. The van der Waals surface area contributed by atoms with Crippen LogP contribution in [0.1, 0.15) is 148 Å². The summed E-state index contributed by atoms with van der Waals surface area (Å²) in [7, 11) is 0. The van der Waals surface area contributed by atoms with Gasteiger partial charge in [0.1, 0.15) is 0 Å². The van der Waals surface area contributed by atoms with Crippen LogP contribution in [-0.2, 0) is 21.7 Å². The maximum absolute atomic E-state index is 13.7. The minimum Gasteiger partial charge on any atom is -0.361 e. The molecule has 8 bridgehead atoms. The normalized spacial score (nSPS) is 18.5. The van der Waals surface area contributed by atoms with Crippen LogP contribution in [0, 0.1) is 5.92 Å². The molecule has 1 aliphatic carbocycles. The van der Waals surface area contributed by atoms with Crippen LogP contribution in [0.4, 0.5) is 0 Å². The summed E-state index contributed by atoms with van der Waals surface area (Å²) in [5.74, 6) is -0.0930. The Kier molecular flexibility index (Phi) is 8.61. The van der Waals surface area contributed by atoms with E-state index in [1.54, 1.807) is 0 Å². The van der Waals surface area contributed by atoms with E-state index in [4.69, 9.17) is 0 Å². The maximum atomic E-state index is 13.7. The van der Waals surface area contributed by atoms with E-state index in [-0.39, 0.29) is 27.9 Å². The van der Waals surface area contributed by atoms with Gasteiger partial charge in [-0.25, -0.2) is 0 Å². The number of allylic oxidation sites excluding steroid dienone is 4. The molecule has 7 rings (SSSR count). The number of Topliss-reactive ketones (excluding diaryl/α,β-unsaturated/α-hetero) is 1. The molecule has 4 aromatic heterocycles. The van der Waals surface area contributed by atoms with Crippen LogP contribution in [0.3, 0.4) is 0 Å². The first-order valence-electron chi connectivity index (χ1n) is 19.0. The highest BCUT2D eigenvalue weighted by molar-refractivity contribution is 6.00. The van der Waals surface area contributed by atoms with Crippen molar-refractivity contribution in [3.05, 3.63) is 154 Å². The van der Waals surface area contributed by atoms with Gasteiger partial charge in [0.25, 0.3) is 0 Å². The molecule has 5 nitrogen and oxygen atoms in total. The second-order valence-corrected chi connectivity index (χ2v) is 14.9. The molecule has 50 heavy (non-hydrogen) atoms. The Bertz CT molecular complexity index is 1930. The van der Waals surface area contributed by atoms with Gasteiger partial charge in [-0.15, -0.1) is 0 Å². The van der Waals surface area contributed by atoms with Gasteiger partial charge in [0, 0.05) is 67.4 Å². The van der Waals surface area contributed by atoms with E-state index < -0.39 is 5.41 Å². The maximum Gasteiger partial charge on any atom is 0.173 e. The minimum absolute atomic E-state index is 0.125. The smallest absolute Gasteiger partial charge is 0.173 e. The Balaban J connectivity index is 1.50. The molecule has 0 radical (unpaired) electrons. The molecule has 260 valence electrons. The van der Waals surface area contributed by atoms with Crippen LogP contribution in [0.5, 0.6) is 0 Å². The number of aromatic amines is 4.